The van der Waals surface area contributed by atoms with E-state index in [9.17, 15) is 4.39 Å². The Bertz CT molecular complexity index is 470. The number of benzene rings is 1. The first-order chi connectivity index (χ1) is 9.69. The standard InChI is InChI=1S/C15H20FN3S/c1-2-6-17-15(20)19-9-7-18(8-10-19)12-13-4-3-5-14(16)11-13/h2-5,11H,1,6-10,12H2,(H,17,20). The second kappa shape index (κ2) is 7.36. The molecule has 1 N–H and O–H groups in total. The third kappa shape index (κ3) is 4.28. The molecule has 0 spiro atoms. The SMILES string of the molecule is C=CCNC(=S)N1CCN(Cc2cccc(F)c2)CC1. The van der Waals surface area contributed by atoms with Crippen molar-refractivity contribution in [2.75, 3.05) is 32.7 Å². The van der Waals surface area contributed by atoms with Gasteiger partial charge in [0.15, 0.2) is 5.11 Å². The van der Waals surface area contributed by atoms with Gasteiger partial charge in [0.1, 0.15) is 5.82 Å². The first-order valence-corrected chi connectivity index (χ1v) is 7.20. The number of rotatable bonds is 4. The van der Waals surface area contributed by atoms with E-state index in [4.69, 9.17) is 12.2 Å². The summed E-state index contributed by atoms with van der Waals surface area (Å²) in [6.07, 6.45) is 1.80. The van der Waals surface area contributed by atoms with Crippen molar-refractivity contribution in [1.82, 2.24) is 15.1 Å². The van der Waals surface area contributed by atoms with E-state index in [0.29, 0.717) is 6.54 Å². The quantitative estimate of drug-likeness (QED) is 0.676. The van der Waals surface area contributed by atoms with Crippen molar-refractivity contribution >= 4 is 17.3 Å². The largest absolute Gasteiger partial charge is 0.359 e. The number of nitrogens with one attached hydrogen (secondary N) is 1. The maximum atomic E-state index is 13.1. The number of halogens is 1. The fraction of sp³-hybridized carbons (Fsp3) is 0.400. The Hall–Kier alpha value is -1.46. The molecule has 1 aliphatic rings. The molecule has 3 nitrogen and oxygen atoms in total. The van der Waals surface area contributed by atoms with E-state index >= 15 is 0 Å². The summed E-state index contributed by atoms with van der Waals surface area (Å²) in [5, 5.41) is 3.93. The number of piperazine rings is 1. The highest BCUT2D eigenvalue weighted by Crippen LogP contribution is 2.10. The molecule has 0 aliphatic carbocycles. The molecule has 1 heterocycles. The lowest BCUT2D eigenvalue weighted by Gasteiger charge is -2.36. The molecule has 0 atom stereocenters. The van der Waals surface area contributed by atoms with E-state index in [0.717, 1.165) is 43.4 Å². The average molecular weight is 293 g/mol. The van der Waals surface area contributed by atoms with E-state index in [2.05, 4.69) is 21.7 Å². The normalized spacial score (nSPS) is 15.9. The van der Waals surface area contributed by atoms with Gasteiger partial charge in [-0.1, -0.05) is 18.2 Å². The maximum Gasteiger partial charge on any atom is 0.169 e. The lowest BCUT2D eigenvalue weighted by Crippen LogP contribution is -2.51. The van der Waals surface area contributed by atoms with Crippen LogP contribution in [-0.2, 0) is 6.54 Å². The van der Waals surface area contributed by atoms with E-state index in [1.165, 1.54) is 6.07 Å². The zero-order chi connectivity index (χ0) is 14.4. The van der Waals surface area contributed by atoms with Crippen LogP contribution in [0.15, 0.2) is 36.9 Å². The molecule has 0 saturated carbocycles. The average Bonchev–Trinajstić information content (AvgIpc) is 2.45. The van der Waals surface area contributed by atoms with Gasteiger partial charge in [0, 0.05) is 39.3 Å². The zero-order valence-electron chi connectivity index (χ0n) is 11.5. The predicted molar refractivity (Wildman–Crippen MR) is 84.0 cm³/mol. The van der Waals surface area contributed by atoms with E-state index in [-0.39, 0.29) is 5.82 Å². The smallest absolute Gasteiger partial charge is 0.169 e. The molecular formula is C15H20FN3S. The first kappa shape index (κ1) is 14.9. The fourth-order valence-corrected chi connectivity index (χ4v) is 2.54. The minimum Gasteiger partial charge on any atom is -0.359 e. The molecule has 108 valence electrons. The summed E-state index contributed by atoms with van der Waals surface area (Å²) in [5.41, 5.74) is 1.02. The van der Waals surface area contributed by atoms with Crippen LogP contribution in [0.3, 0.4) is 0 Å². The molecule has 20 heavy (non-hydrogen) atoms. The monoisotopic (exact) mass is 293 g/mol. The highest BCUT2D eigenvalue weighted by molar-refractivity contribution is 7.80. The third-order valence-corrected chi connectivity index (χ3v) is 3.75. The summed E-state index contributed by atoms with van der Waals surface area (Å²) in [6, 6.07) is 6.80. The molecule has 0 unspecified atom stereocenters. The lowest BCUT2D eigenvalue weighted by atomic mass is 10.2. The summed E-state index contributed by atoms with van der Waals surface area (Å²) in [5.74, 6) is -0.170. The summed E-state index contributed by atoms with van der Waals surface area (Å²) in [7, 11) is 0. The Morgan fingerprint density at radius 1 is 1.35 bits per heavy atom. The van der Waals surface area contributed by atoms with Gasteiger partial charge in [-0.25, -0.2) is 4.39 Å². The van der Waals surface area contributed by atoms with Crippen molar-refractivity contribution in [2.24, 2.45) is 0 Å². The Labute approximate surface area is 125 Å². The predicted octanol–water partition coefficient (Wildman–Crippen LogP) is 2.00. The highest BCUT2D eigenvalue weighted by Gasteiger charge is 2.18. The Morgan fingerprint density at radius 2 is 2.10 bits per heavy atom. The van der Waals surface area contributed by atoms with Crippen LogP contribution in [0.25, 0.3) is 0 Å². The topological polar surface area (TPSA) is 18.5 Å². The molecular weight excluding hydrogens is 273 g/mol. The van der Waals surface area contributed by atoms with Gasteiger partial charge >= 0.3 is 0 Å². The van der Waals surface area contributed by atoms with Crippen LogP contribution in [0.2, 0.25) is 0 Å². The molecule has 1 aromatic carbocycles. The van der Waals surface area contributed by atoms with Gasteiger partial charge in [0.05, 0.1) is 0 Å². The summed E-state index contributed by atoms with van der Waals surface area (Å²) < 4.78 is 13.1. The number of hydrogen-bond acceptors (Lipinski definition) is 2. The minimum atomic E-state index is -0.170. The van der Waals surface area contributed by atoms with Crippen molar-refractivity contribution in [3.05, 3.63) is 48.3 Å². The minimum absolute atomic E-state index is 0.170. The van der Waals surface area contributed by atoms with Crippen LogP contribution in [0.4, 0.5) is 4.39 Å². The van der Waals surface area contributed by atoms with Crippen LogP contribution < -0.4 is 5.32 Å². The van der Waals surface area contributed by atoms with E-state index < -0.39 is 0 Å². The Balaban J connectivity index is 1.79. The summed E-state index contributed by atoms with van der Waals surface area (Å²) in [4.78, 5) is 4.49. The second-order valence-corrected chi connectivity index (χ2v) is 5.25. The van der Waals surface area contributed by atoms with Crippen LogP contribution in [-0.4, -0.2) is 47.6 Å². The van der Waals surface area contributed by atoms with Gasteiger partial charge in [-0.3, -0.25) is 4.90 Å². The van der Waals surface area contributed by atoms with E-state index in [1.54, 1.807) is 18.2 Å². The summed E-state index contributed by atoms with van der Waals surface area (Å²) >= 11 is 5.32. The lowest BCUT2D eigenvalue weighted by molar-refractivity contribution is 0.174. The molecule has 1 saturated heterocycles. The first-order valence-electron chi connectivity index (χ1n) is 6.79. The van der Waals surface area contributed by atoms with Crippen LogP contribution >= 0.6 is 12.2 Å². The Morgan fingerprint density at radius 3 is 2.75 bits per heavy atom. The molecule has 1 fully saturated rings. The van der Waals surface area contributed by atoms with Crippen LogP contribution in [0, 0.1) is 5.82 Å². The van der Waals surface area contributed by atoms with Gasteiger partial charge in [-0.05, 0) is 29.9 Å². The highest BCUT2D eigenvalue weighted by atomic mass is 32.1. The number of hydrogen-bond donors (Lipinski definition) is 1. The Kier molecular flexibility index (Phi) is 5.49. The van der Waals surface area contributed by atoms with Gasteiger partial charge in [0.2, 0.25) is 0 Å². The van der Waals surface area contributed by atoms with Crippen LogP contribution in [0.1, 0.15) is 5.56 Å². The molecule has 5 heteroatoms. The molecule has 2 rings (SSSR count). The summed E-state index contributed by atoms with van der Waals surface area (Å²) in [6.45, 7) is 8.83. The van der Waals surface area contributed by atoms with Gasteiger partial charge < -0.3 is 10.2 Å². The van der Waals surface area contributed by atoms with Crippen molar-refractivity contribution in [1.29, 1.82) is 0 Å². The molecule has 0 amide bonds. The molecule has 1 aliphatic heterocycles. The van der Waals surface area contributed by atoms with Gasteiger partial charge in [0.25, 0.3) is 0 Å². The third-order valence-electron chi connectivity index (χ3n) is 3.35. The maximum absolute atomic E-state index is 13.1. The second-order valence-electron chi connectivity index (χ2n) is 4.87. The number of thiocarbonyl (C=S) groups is 1. The van der Waals surface area contributed by atoms with Gasteiger partial charge in [-0.15, -0.1) is 6.58 Å². The molecule has 0 radical (unpaired) electrons. The van der Waals surface area contributed by atoms with Crippen molar-refractivity contribution in [3.63, 3.8) is 0 Å². The van der Waals surface area contributed by atoms with Crippen molar-refractivity contribution in [3.8, 4) is 0 Å². The molecule has 1 aromatic rings. The van der Waals surface area contributed by atoms with Crippen LogP contribution in [0.5, 0.6) is 0 Å². The zero-order valence-corrected chi connectivity index (χ0v) is 12.3. The van der Waals surface area contributed by atoms with Gasteiger partial charge in [-0.2, -0.15) is 0 Å². The molecule has 0 bridgehead atoms. The van der Waals surface area contributed by atoms with E-state index in [1.807, 2.05) is 6.07 Å². The number of nitrogens with zero attached hydrogens (tertiary/aromatic N) is 2. The fourth-order valence-electron chi connectivity index (χ4n) is 2.27. The van der Waals surface area contributed by atoms with Crippen molar-refractivity contribution in [2.45, 2.75) is 6.54 Å². The molecule has 0 aromatic heterocycles. The van der Waals surface area contributed by atoms with Crippen molar-refractivity contribution < 1.29 is 4.39 Å².